The maximum absolute atomic E-state index is 13.3. The van der Waals surface area contributed by atoms with Crippen molar-refractivity contribution in [2.75, 3.05) is 6.54 Å². The largest absolute Gasteiger partial charge is 0.387 e. The van der Waals surface area contributed by atoms with Gasteiger partial charge in [-0.1, -0.05) is 17.7 Å². The van der Waals surface area contributed by atoms with E-state index >= 15 is 0 Å². The average molecular weight is 340 g/mol. The number of aromatic nitrogens is 2. The van der Waals surface area contributed by atoms with Crippen LogP contribution in [0.25, 0.3) is 0 Å². The van der Waals surface area contributed by atoms with Crippen molar-refractivity contribution in [1.29, 1.82) is 0 Å². The Morgan fingerprint density at radius 3 is 2.87 bits per heavy atom. The number of benzene rings is 1. The van der Waals surface area contributed by atoms with Crippen molar-refractivity contribution in [2.24, 2.45) is 7.05 Å². The molecule has 2 aromatic rings. The summed E-state index contributed by atoms with van der Waals surface area (Å²) in [4.78, 5) is 11.8. The van der Waals surface area contributed by atoms with Crippen LogP contribution in [0.2, 0.25) is 5.02 Å². The van der Waals surface area contributed by atoms with Crippen LogP contribution in [-0.4, -0.2) is 27.3 Å². The van der Waals surface area contributed by atoms with Gasteiger partial charge in [0.05, 0.1) is 16.8 Å². The molecule has 1 amide bonds. The molecule has 0 aliphatic carbocycles. The van der Waals surface area contributed by atoms with E-state index in [1.807, 2.05) is 20.2 Å². The molecular weight excluding hydrogens is 321 g/mol. The van der Waals surface area contributed by atoms with Crippen LogP contribution in [0, 0.1) is 12.7 Å². The molecule has 0 spiro atoms. The van der Waals surface area contributed by atoms with Crippen LogP contribution in [0.1, 0.15) is 29.3 Å². The van der Waals surface area contributed by atoms with Gasteiger partial charge in [-0.05, 0) is 36.6 Å². The molecule has 2 rings (SSSR count). The highest BCUT2D eigenvalue weighted by molar-refractivity contribution is 6.30. The van der Waals surface area contributed by atoms with E-state index in [-0.39, 0.29) is 17.5 Å². The summed E-state index contributed by atoms with van der Waals surface area (Å²) in [7, 11) is 1.83. The van der Waals surface area contributed by atoms with Gasteiger partial charge in [-0.3, -0.25) is 9.48 Å². The standard InChI is InChI=1S/C16H19ClFN3O2/c1-10-12(9-21(2)20-10)4-6-16(23)19-8-15(22)11-3-5-13(17)14(18)7-11/h3,5,7,9,15,22H,4,6,8H2,1-2H3,(H,19,23). The lowest BCUT2D eigenvalue weighted by Gasteiger charge is -2.12. The smallest absolute Gasteiger partial charge is 0.220 e. The Bertz CT molecular complexity index is 703. The normalized spacial score (nSPS) is 12.2. The number of aliphatic hydroxyl groups excluding tert-OH is 1. The number of rotatable bonds is 6. The van der Waals surface area contributed by atoms with Crippen LogP contribution >= 0.6 is 11.6 Å². The van der Waals surface area contributed by atoms with E-state index < -0.39 is 11.9 Å². The van der Waals surface area contributed by atoms with Gasteiger partial charge in [0.25, 0.3) is 0 Å². The lowest BCUT2D eigenvalue weighted by Crippen LogP contribution is -2.28. The summed E-state index contributed by atoms with van der Waals surface area (Å²) in [5, 5.41) is 16.8. The van der Waals surface area contributed by atoms with Gasteiger partial charge in [-0.2, -0.15) is 5.10 Å². The van der Waals surface area contributed by atoms with E-state index in [0.29, 0.717) is 18.4 Å². The van der Waals surface area contributed by atoms with Crippen LogP contribution in [-0.2, 0) is 18.3 Å². The first-order valence-electron chi connectivity index (χ1n) is 7.25. The summed E-state index contributed by atoms with van der Waals surface area (Å²) in [5.74, 6) is -0.775. The minimum absolute atomic E-state index is 0.00294. The molecule has 5 nitrogen and oxygen atoms in total. The molecule has 0 aliphatic heterocycles. The molecule has 0 radical (unpaired) electrons. The van der Waals surface area contributed by atoms with E-state index in [1.165, 1.54) is 12.1 Å². The predicted octanol–water partition coefficient (Wildman–Crippen LogP) is 2.30. The SMILES string of the molecule is Cc1nn(C)cc1CCC(=O)NCC(O)c1ccc(Cl)c(F)c1. The van der Waals surface area contributed by atoms with Crippen molar-refractivity contribution in [3.8, 4) is 0 Å². The third kappa shape index (κ3) is 4.77. The van der Waals surface area contributed by atoms with Crippen LogP contribution in [0.15, 0.2) is 24.4 Å². The second-order valence-corrected chi connectivity index (χ2v) is 5.81. The van der Waals surface area contributed by atoms with Gasteiger partial charge in [-0.25, -0.2) is 4.39 Å². The molecule has 1 atom stereocenters. The molecule has 124 valence electrons. The van der Waals surface area contributed by atoms with Crippen molar-refractivity contribution in [1.82, 2.24) is 15.1 Å². The summed E-state index contributed by atoms with van der Waals surface area (Å²) in [6.45, 7) is 1.91. The topological polar surface area (TPSA) is 67.2 Å². The number of amides is 1. The van der Waals surface area contributed by atoms with E-state index in [0.717, 1.165) is 17.3 Å². The molecule has 1 aromatic carbocycles. The van der Waals surface area contributed by atoms with E-state index in [2.05, 4.69) is 10.4 Å². The number of nitrogens with one attached hydrogen (secondary N) is 1. The first-order valence-corrected chi connectivity index (χ1v) is 7.63. The molecule has 0 aliphatic rings. The number of carbonyl (C=O) groups is 1. The molecule has 7 heteroatoms. The monoisotopic (exact) mass is 339 g/mol. The quantitative estimate of drug-likeness (QED) is 0.848. The zero-order valence-electron chi connectivity index (χ0n) is 13.0. The highest BCUT2D eigenvalue weighted by Crippen LogP contribution is 2.19. The third-order valence-electron chi connectivity index (χ3n) is 3.56. The van der Waals surface area contributed by atoms with Crippen LogP contribution < -0.4 is 5.32 Å². The Morgan fingerprint density at radius 2 is 2.26 bits per heavy atom. The Morgan fingerprint density at radius 1 is 1.52 bits per heavy atom. The zero-order valence-corrected chi connectivity index (χ0v) is 13.8. The fraction of sp³-hybridized carbons (Fsp3) is 0.375. The summed E-state index contributed by atoms with van der Waals surface area (Å²) >= 11 is 5.59. The first-order chi connectivity index (χ1) is 10.9. The van der Waals surface area contributed by atoms with Gasteiger partial charge in [0.1, 0.15) is 5.82 Å². The number of aliphatic hydroxyl groups is 1. The van der Waals surface area contributed by atoms with Crippen molar-refractivity contribution in [3.63, 3.8) is 0 Å². The van der Waals surface area contributed by atoms with Crippen LogP contribution in [0.3, 0.4) is 0 Å². The lowest BCUT2D eigenvalue weighted by atomic mass is 10.1. The van der Waals surface area contributed by atoms with Crippen molar-refractivity contribution < 1.29 is 14.3 Å². The number of nitrogens with zero attached hydrogens (tertiary/aromatic N) is 2. The average Bonchev–Trinajstić information content (AvgIpc) is 2.83. The van der Waals surface area contributed by atoms with Gasteiger partial charge < -0.3 is 10.4 Å². The highest BCUT2D eigenvalue weighted by Gasteiger charge is 2.12. The second-order valence-electron chi connectivity index (χ2n) is 5.41. The highest BCUT2D eigenvalue weighted by atomic mass is 35.5. The fourth-order valence-electron chi connectivity index (χ4n) is 2.28. The van der Waals surface area contributed by atoms with Crippen molar-refractivity contribution in [2.45, 2.75) is 25.9 Å². The zero-order chi connectivity index (χ0) is 17.0. The number of carbonyl (C=O) groups excluding carboxylic acids is 1. The van der Waals surface area contributed by atoms with Crippen molar-refractivity contribution >= 4 is 17.5 Å². The Labute approximate surface area is 139 Å². The van der Waals surface area contributed by atoms with E-state index in [1.54, 1.807) is 4.68 Å². The molecule has 2 N–H and O–H groups in total. The lowest BCUT2D eigenvalue weighted by molar-refractivity contribution is -0.121. The Hall–Kier alpha value is -1.92. The molecule has 0 saturated carbocycles. The van der Waals surface area contributed by atoms with Crippen LogP contribution in [0.5, 0.6) is 0 Å². The van der Waals surface area contributed by atoms with Crippen LogP contribution in [0.4, 0.5) is 4.39 Å². The Balaban J connectivity index is 1.81. The first kappa shape index (κ1) is 17.4. The molecule has 23 heavy (non-hydrogen) atoms. The predicted molar refractivity (Wildman–Crippen MR) is 85.6 cm³/mol. The Kier molecular flexibility index (Phi) is 5.74. The molecule has 0 saturated heterocycles. The summed E-state index contributed by atoms with van der Waals surface area (Å²) in [6, 6.07) is 4.07. The molecule has 0 fully saturated rings. The minimum atomic E-state index is -0.981. The molecule has 1 unspecified atom stereocenters. The molecule has 0 bridgehead atoms. The van der Waals surface area contributed by atoms with Gasteiger partial charge in [0.15, 0.2) is 0 Å². The fourth-order valence-corrected chi connectivity index (χ4v) is 2.40. The van der Waals surface area contributed by atoms with Crippen molar-refractivity contribution in [3.05, 3.63) is 52.1 Å². The van der Waals surface area contributed by atoms with Gasteiger partial charge >= 0.3 is 0 Å². The summed E-state index contributed by atoms with van der Waals surface area (Å²) in [5.41, 5.74) is 2.29. The van der Waals surface area contributed by atoms with Gasteiger partial charge in [0.2, 0.25) is 5.91 Å². The molecule has 1 aromatic heterocycles. The number of aryl methyl sites for hydroxylation is 3. The van der Waals surface area contributed by atoms with Gasteiger partial charge in [-0.15, -0.1) is 0 Å². The number of hydrogen-bond donors (Lipinski definition) is 2. The molecule has 1 heterocycles. The van der Waals surface area contributed by atoms with Gasteiger partial charge in [0, 0.05) is 26.2 Å². The maximum Gasteiger partial charge on any atom is 0.220 e. The third-order valence-corrected chi connectivity index (χ3v) is 3.86. The number of halogens is 2. The summed E-state index contributed by atoms with van der Waals surface area (Å²) in [6.07, 6.45) is 1.78. The minimum Gasteiger partial charge on any atom is -0.387 e. The number of hydrogen-bond acceptors (Lipinski definition) is 3. The second kappa shape index (κ2) is 7.57. The maximum atomic E-state index is 13.3. The molecular formula is C16H19ClFN3O2. The van der Waals surface area contributed by atoms with E-state index in [4.69, 9.17) is 11.6 Å². The summed E-state index contributed by atoms with van der Waals surface area (Å²) < 4.78 is 15.1. The van der Waals surface area contributed by atoms with E-state index in [9.17, 15) is 14.3 Å².